The van der Waals surface area contributed by atoms with Crippen molar-refractivity contribution in [3.8, 4) is 0 Å². The monoisotopic (exact) mass is 306 g/mol. The Bertz CT molecular complexity index is 660. The van der Waals surface area contributed by atoms with Crippen molar-refractivity contribution >= 4 is 23.2 Å². The lowest BCUT2D eigenvalue weighted by Crippen LogP contribution is -2.28. The molecule has 0 radical (unpaired) electrons. The maximum atomic E-state index is 13.5. The van der Waals surface area contributed by atoms with Crippen LogP contribution in [0.2, 0.25) is 5.02 Å². The molecule has 0 unspecified atom stereocenters. The van der Waals surface area contributed by atoms with Crippen LogP contribution in [0.15, 0.2) is 42.5 Å². The summed E-state index contributed by atoms with van der Waals surface area (Å²) >= 11 is 6.08. The zero-order valence-electron chi connectivity index (χ0n) is 11.6. The van der Waals surface area contributed by atoms with E-state index in [1.807, 2.05) is 0 Å². The molecule has 0 aliphatic heterocycles. The maximum absolute atomic E-state index is 13.5. The van der Waals surface area contributed by atoms with Crippen molar-refractivity contribution in [3.63, 3.8) is 0 Å². The van der Waals surface area contributed by atoms with Crippen LogP contribution in [-0.2, 0) is 17.8 Å². The number of nitrogens with two attached hydrogens (primary N) is 1. The quantitative estimate of drug-likeness (QED) is 0.881. The highest BCUT2D eigenvalue weighted by atomic mass is 35.5. The van der Waals surface area contributed by atoms with E-state index in [0.717, 1.165) is 5.56 Å². The molecule has 0 bridgehead atoms. The summed E-state index contributed by atoms with van der Waals surface area (Å²) in [5.41, 5.74) is 7.45. The lowest BCUT2D eigenvalue weighted by molar-refractivity contribution is -0.129. The van der Waals surface area contributed by atoms with Gasteiger partial charge < -0.3 is 10.6 Å². The van der Waals surface area contributed by atoms with Crippen molar-refractivity contribution in [2.24, 2.45) is 0 Å². The summed E-state index contributed by atoms with van der Waals surface area (Å²) < 4.78 is 13.5. The van der Waals surface area contributed by atoms with Crippen molar-refractivity contribution < 1.29 is 9.18 Å². The van der Waals surface area contributed by atoms with Crippen LogP contribution in [0, 0.1) is 5.82 Å². The van der Waals surface area contributed by atoms with Crippen molar-refractivity contribution in [2.75, 3.05) is 12.8 Å². The van der Waals surface area contributed by atoms with Crippen molar-refractivity contribution in [1.29, 1.82) is 0 Å². The van der Waals surface area contributed by atoms with Gasteiger partial charge in [-0.25, -0.2) is 4.39 Å². The molecule has 0 aliphatic carbocycles. The summed E-state index contributed by atoms with van der Waals surface area (Å²) in [7, 11) is 1.66. The highest BCUT2D eigenvalue weighted by Crippen LogP contribution is 2.20. The first-order chi connectivity index (χ1) is 9.97. The molecule has 0 aromatic heterocycles. The first-order valence-electron chi connectivity index (χ1n) is 6.48. The van der Waals surface area contributed by atoms with Crippen molar-refractivity contribution in [2.45, 2.75) is 13.0 Å². The molecule has 5 heteroatoms. The molecule has 3 nitrogen and oxygen atoms in total. The molecule has 2 N–H and O–H groups in total. The Kier molecular flexibility index (Phi) is 4.81. The molecule has 0 aliphatic rings. The Labute approximate surface area is 128 Å². The maximum Gasteiger partial charge on any atom is 0.227 e. The number of hydrogen-bond acceptors (Lipinski definition) is 2. The summed E-state index contributed by atoms with van der Waals surface area (Å²) in [4.78, 5) is 13.7. The van der Waals surface area contributed by atoms with E-state index in [-0.39, 0.29) is 18.1 Å². The number of nitrogen functional groups attached to an aromatic ring is 1. The van der Waals surface area contributed by atoms with E-state index in [0.29, 0.717) is 22.8 Å². The fraction of sp³-hybridized carbons (Fsp3) is 0.188. The predicted octanol–water partition coefficient (Wildman–Crippen LogP) is 3.26. The van der Waals surface area contributed by atoms with Crippen LogP contribution in [0.4, 0.5) is 10.1 Å². The number of benzene rings is 2. The number of amides is 1. The summed E-state index contributed by atoms with van der Waals surface area (Å²) in [6.45, 7) is 0.331. The first kappa shape index (κ1) is 15.3. The smallest absolute Gasteiger partial charge is 0.227 e. The van der Waals surface area contributed by atoms with Gasteiger partial charge in [0, 0.05) is 24.3 Å². The third kappa shape index (κ3) is 3.95. The van der Waals surface area contributed by atoms with E-state index in [2.05, 4.69) is 0 Å². The molecule has 2 rings (SSSR count). The van der Waals surface area contributed by atoms with E-state index < -0.39 is 0 Å². The first-order valence-corrected chi connectivity index (χ1v) is 6.86. The standard InChI is InChI=1S/C16H16ClFN2O/c1-20(10-12-8-13(19)6-7-14(12)17)16(21)9-11-4-2-3-5-15(11)18/h2-8H,9-10,19H2,1H3. The second kappa shape index (κ2) is 6.59. The second-order valence-electron chi connectivity index (χ2n) is 4.87. The van der Waals surface area contributed by atoms with Gasteiger partial charge in [0.25, 0.3) is 0 Å². The molecular weight excluding hydrogens is 291 g/mol. The minimum atomic E-state index is -0.374. The molecule has 2 aromatic carbocycles. The summed E-state index contributed by atoms with van der Waals surface area (Å²) in [5.74, 6) is -0.556. The second-order valence-corrected chi connectivity index (χ2v) is 5.28. The minimum Gasteiger partial charge on any atom is -0.399 e. The van der Waals surface area contributed by atoms with Crippen LogP contribution in [0.5, 0.6) is 0 Å². The SMILES string of the molecule is CN(Cc1cc(N)ccc1Cl)C(=O)Cc1ccccc1F. The Morgan fingerprint density at radius 3 is 2.67 bits per heavy atom. The molecule has 21 heavy (non-hydrogen) atoms. The zero-order valence-corrected chi connectivity index (χ0v) is 12.4. The fourth-order valence-electron chi connectivity index (χ4n) is 2.00. The number of rotatable bonds is 4. The van der Waals surface area contributed by atoms with E-state index in [4.69, 9.17) is 17.3 Å². The van der Waals surface area contributed by atoms with E-state index in [9.17, 15) is 9.18 Å². The van der Waals surface area contributed by atoms with Crippen LogP contribution in [0.3, 0.4) is 0 Å². The van der Waals surface area contributed by atoms with Gasteiger partial charge in [0.05, 0.1) is 6.42 Å². The third-order valence-corrected chi connectivity index (χ3v) is 3.57. The van der Waals surface area contributed by atoms with Gasteiger partial charge in [-0.1, -0.05) is 29.8 Å². The Morgan fingerprint density at radius 1 is 1.24 bits per heavy atom. The van der Waals surface area contributed by atoms with Crippen LogP contribution < -0.4 is 5.73 Å². The van der Waals surface area contributed by atoms with Gasteiger partial charge in [0.15, 0.2) is 0 Å². The molecule has 0 saturated carbocycles. The summed E-state index contributed by atoms with van der Waals surface area (Å²) in [6.07, 6.45) is 0.0170. The number of nitrogens with zero attached hydrogens (tertiary/aromatic N) is 1. The van der Waals surface area contributed by atoms with Crippen LogP contribution in [-0.4, -0.2) is 17.9 Å². The Hall–Kier alpha value is -2.07. The zero-order chi connectivity index (χ0) is 15.4. The van der Waals surface area contributed by atoms with Gasteiger partial charge in [-0.05, 0) is 35.4 Å². The fourth-order valence-corrected chi connectivity index (χ4v) is 2.18. The number of anilines is 1. The molecule has 0 atom stereocenters. The number of hydrogen-bond donors (Lipinski definition) is 1. The normalized spacial score (nSPS) is 10.4. The van der Waals surface area contributed by atoms with Gasteiger partial charge in [0.2, 0.25) is 5.91 Å². The average molecular weight is 307 g/mol. The molecule has 0 saturated heterocycles. The largest absolute Gasteiger partial charge is 0.399 e. The van der Waals surface area contributed by atoms with Gasteiger partial charge in [0.1, 0.15) is 5.82 Å². The van der Waals surface area contributed by atoms with Crippen molar-refractivity contribution in [3.05, 3.63) is 64.4 Å². The van der Waals surface area contributed by atoms with Crippen LogP contribution >= 0.6 is 11.6 Å². The summed E-state index contributed by atoms with van der Waals surface area (Å²) in [6, 6.07) is 11.4. The molecule has 0 heterocycles. The number of halogens is 2. The number of carbonyl (C=O) groups is 1. The summed E-state index contributed by atoms with van der Waals surface area (Å²) in [5, 5.41) is 0.551. The van der Waals surface area contributed by atoms with Gasteiger partial charge >= 0.3 is 0 Å². The van der Waals surface area contributed by atoms with E-state index in [1.165, 1.54) is 11.0 Å². The number of carbonyl (C=O) groups excluding carboxylic acids is 1. The average Bonchev–Trinajstić information content (AvgIpc) is 2.45. The van der Waals surface area contributed by atoms with E-state index in [1.54, 1.807) is 43.4 Å². The van der Waals surface area contributed by atoms with Crippen molar-refractivity contribution in [1.82, 2.24) is 4.90 Å². The molecule has 0 fully saturated rings. The Morgan fingerprint density at radius 2 is 1.95 bits per heavy atom. The third-order valence-electron chi connectivity index (χ3n) is 3.20. The molecular formula is C16H16ClFN2O. The molecule has 1 amide bonds. The van der Waals surface area contributed by atoms with Gasteiger partial charge in [-0.3, -0.25) is 4.79 Å². The molecule has 110 valence electrons. The van der Waals surface area contributed by atoms with E-state index >= 15 is 0 Å². The predicted molar refractivity (Wildman–Crippen MR) is 82.4 cm³/mol. The molecule has 0 spiro atoms. The van der Waals surface area contributed by atoms with Crippen LogP contribution in [0.25, 0.3) is 0 Å². The molecule has 2 aromatic rings. The lowest BCUT2D eigenvalue weighted by Gasteiger charge is -2.18. The lowest BCUT2D eigenvalue weighted by atomic mass is 10.1. The Balaban J connectivity index is 2.06. The van der Waals surface area contributed by atoms with Gasteiger partial charge in [-0.2, -0.15) is 0 Å². The van der Waals surface area contributed by atoms with Gasteiger partial charge in [-0.15, -0.1) is 0 Å². The highest BCUT2D eigenvalue weighted by molar-refractivity contribution is 6.31. The topological polar surface area (TPSA) is 46.3 Å². The highest BCUT2D eigenvalue weighted by Gasteiger charge is 2.14. The number of likely N-dealkylation sites (N-methyl/N-ethyl adjacent to an activating group) is 1. The van der Waals surface area contributed by atoms with Crippen LogP contribution in [0.1, 0.15) is 11.1 Å². The minimum absolute atomic E-state index is 0.0170.